The zero-order valence-corrected chi connectivity index (χ0v) is 10.9. The number of halogens is 2. The Morgan fingerprint density at radius 2 is 2.31 bits per heavy atom. The molecule has 4 heteroatoms. The van der Waals surface area contributed by atoms with Crippen molar-refractivity contribution in [3.8, 4) is 0 Å². The summed E-state index contributed by atoms with van der Waals surface area (Å²) in [6.45, 7) is 4.13. The lowest BCUT2D eigenvalue weighted by molar-refractivity contribution is 0.261. The number of rotatable bonds is 2. The largest absolute Gasteiger partial charge is 0.326 e. The third-order valence-corrected chi connectivity index (χ3v) is 3.85. The van der Waals surface area contributed by atoms with Crippen LogP contribution in [0.15, 0.2) is 22.7 Å². The van der Waals surface area contributed by atoms with Crippen molar-refractivity contribution < 1.29 is 4.39 Å². The molecule has 1 aromatic rings. The topological polar surface area (TPSA) is 29.3 Å². The SMILES string of the molecule is CCN1CCC(N)C1c1ccc(F)c(Br)c1. The number of nitrogens with zero attached hydrogens (tertiary/aromatic N) is 1. The van der Waals surface area contributed by atoms with Crippen molar-refractivity contribution in [1.82, 2.24) is 4.90 Å². The van der Waals surface area contributed by atoms with Crippen LogP contribution in [-0.2, 0) is 0 Å². The Bertz CT molecular complexity index is 383. The molecule has 0 aliphatic carbocycles. The molecule has 0 amide bonds. The van der Waals surface area contributed by atoms with Crippen LogP contribution < -0.4 is 5.73 Å². The first-order valence-corrected chi connectivity index (χ1v) is 6.37. The Labute approximate surface area is 104 Å². The number of likely N-dealkylation sites (tertiary alicyclic amines) is 1. The molecule has 1 aliphatic rings. The molecular weight excluding hydrogens is 271 g/mol. The fourth-order valence-corrected chi connectivity index (χ4v) is 2.79. The van der Waals surface area contributed by atoms with Crippen molar-refractivity contribution in [3.05, 3.63) is 34.1 Å². The summed E-state index contributed by atoms with van der Waals surface area (Å²) in [7, 11) is 0. The van der Waals surface area contributed by atoms with E-state index in [4.69, 9.17) is 5.73 Å². The number of nitrogens with two attached hydrogens (primary N) is 1. The van der Waals surface area contributed by atoms with Gasteiger partial charge in [-0.1, -0.05) is 13.0 Å². The molecule has 1 saturated heterocycles. The van der Waals surface area contributed by atoms with E-state index >= 15 is 0 Å². The van der Waals surface area contributed by atoms with Crippen LogP contribution in [0.5, 0.6) is 0 Å². The average molecular weight is 287 g/mol. The first-order valence-electron chi connectivity index (χ1n) is 5.58. The molecule has 2 unspecified atom stereocenters. The molecule has 16 heavy (non-hydrogen) atoms. The van der Waals surface area contributed by atoms with Crippen molar-refractivity contribution in [2.24, 2.45) is 5.73 Å². The van der Waals surface area contributed by atoms with Crippen LogP contribution in [0.1, 0.15) is 24.9 Å². The summed E-state index contributed by atoms with van der Waals surface area (Å²) < 4.78 is 13.7. The molecule has 0 aromatic heterocycles. The second-order valence-corrected chi connectivity index (χ2v) is 5.05. The highest BCUT2D eigenvalue weighted by molar-refractivity contribution is 9.10. The maximum atomic E-state index is 13.2. The first-order chi connectivity index (χ1) is 7.63. The van der Waals surface area contributed by atoms with E-state index in [0.717, 1.165) is 25.1 Å². The van der Waals surface area contributed by atoms with Gasteiger partial charge in [0.2, 0.25) is 0 Å². The summed E-state index contributed by atoms with van der Waals surface area (Å²) >= 11 is 3.22. The van der Waals surface area contributed by atoms with E-state index < -0.39 is 0 Å². The normalized spacial score (nSPS) is 26.2. The standard InChI is InChI=1S/C12H16BrFN2/c1-2-16-6-5-11(15)12(16)8-3-4-10(14)9(13)7-8/h3-4,7,11-12H,2,5-6,15H2,1H3. The number of benzene rings is 1. The highest BCUT2D eigenvalue weighted by atomic mass is 79.9. The molecule has 2 nitrogen and oxygen atoms in total. The number of hydrogen-bond acceptors (Lipinski definition) is 2. The summed E-state index contributed by atoms with van der Waals surface area (Å²) in [6, 6.07) is 5.55. The predicted molar refractivity (Wildman–Crippen MR) is 66.7 cm³/mol. The van der Waals surface area contributed by atoms with Crippen molar-refractivity contribution in [3.63, 3.8) is 0 Å². The molecule has 2 atom stereocenters. The Kier molecular flexibility index (Phi) is 3.62. The maximum absolute atomic E-state index is 13.2. The van der Waals surface area contributed by atoms with E-state index in [2.05, 4.69) is 27.8 Å². The minimum absolute atomic E-state index is 0.150. The van der Waals surface area contributed by atoms with Crippen LogP contribution >= 0.6 is 15.9 Å². The zero-order chi connectivity index (χ0) is 11.7. The van der Waals surface area contributed by atoms with E-state index in [-0.39, 0.29) is 17.9 Å². The molecule has 2 N–H and O–H groups in total. The van der Waals surface area contributed by atoms with E-state index in [1.165, 1.54) is 6.07 Å². The van der Waals surface area contributed by atoms with Gasteiger partial charge >= 0.3 is 0 Å². The van der Waals surface area contributed by atoms with E-state index in [1.54, 1.807) is 0 Å². The molecule has 1 aromatic carbocycles. The zero-order valence-electron chi connectivity index (χ0n) is 9.29. The fraction of sp³-hybridized carbons (Fsp3) is 0.500. The van der Waals surface area contributed by atoms with Crippen molar-refractivity contribution in [2.75, 3.05) is 13.1 Å². The summed E-state index contributed by atoms with van der Waals surface area (Å²) in [6.07, 6.45) is 1.01. The lowest BCUT2D eigenvalue weighted by Gasteiger charge is -2.26. The molecule has 1 aliphatic heterocycles. The highest BCUT2D eigenvalue weighted by Gasteiger charge is 2.31. The molecule has 1 heterocycles. The van der Waals surface area contributed by atoms with Gasteiger partial charge in [0.05, 0.1) is 4.47 Å². The van der Waals surface area contributed by atoms with Crippen LogP contribution in [0.2, 0.25) is 0 Å². The molecule has 0 bridgehead atoms. The van der Waals surface area contributed by atoms with Gasteiger partial charge in [-0.2, -0.15) is 0 Å². The van der Waals surface area contributed by atoms with Gasteiger partial charge in [0, 0.05) is 18.6 Å². The van der Waals surface area contributed by atoms with Crippen LogP contribution in [0.3, 0.4) is 0 Å². The molecule has 88 valence electrons. The van der Waals surface area contributed by atoms with E-state index in [1.807, 2.05) is 12.1 Å². The third-order valence-electron chi connectivity index (χ3n) is 3.24. The molecule has 0 radical (unpaired) electrons. The predicted octanol–water partition coefficient (Wildman–Crippen LogP) is 2.68. The van der Waals surface area contributed by atoms with Gasteiger partial charge in [-0.15, -0.1) is 0 Å². The van der Waals surface area contributed by atoms with Crippen LogP contribution in [0.4, 0.5) is 4.39 Å². The van der Waals surface area contributed by atoms with Gasteiger partial charge in [-0.05, 0) is 46.6 Å². The lowest BCUT2D eigenvalue weighted by Crippen LogP contribution is -2.31. The van der Waals surface area contributed by atoms with Crippen LogP contribution in [-0.4, -0.2) is 24.0 Å². The van der Waals surface area contributed by atoms with Gasteiger partial charge in [0.15, 0.2) is 0 Å². The Balaban J connectivity index is 2.31. The van der Waals surface area contributed by atoms with E-state index in [0.29, 0.717) is 4.47 Å². The smallest absolute Gasteiger partial charge is 0.137 e. The summed E-state index contributed by atoms with van der Waals surface area (Å²) in [4.78, 5) is 2.34. The van der Waals surface area contributed by atoms with Crippen molar-refractivity contribution >= 4 is 15.9 Å². The molecule has 1 fully saturated rings. The van der Waals surface area contributed by atoms with Gasteiger partial charge in [-0.3, -0.25) is 4.90 Å². The molecule has 2 rings (SSSR count). The Morgan fingerprint density at radius 3 is 2.94 bits per heavy atom. The minimum Gasteiger partial charge on any atom is -0.326 e. The average Bonchev–Trinajstić information content (AvgIpc) is 2.64. The third kappa shape index (κ3) is 2.14. The summed E-state index contributed by atoms with van der Waals surface area (Å²) in [5, 5.41) is 0. The van der Waals surface area contributed by atoms with Gasteiger partial charge in [-0.25, -0.2) is 4.39 Å². The quantitative estimate of drug-likeness (QED) is 0.906. The number of hydrogen-bond donors (Lipinski definition) is 1. The summed E-state index contributed by atoms with van der Waals surface area (Å²) in [5.74, 6) is -0.224. The molecule has 0 saturated carbocycles. The van der Waals surface area contributed by atoms with Crippen molar-refractivity contribution in [2.45, 2.75) is 25.4 Å². The summed E-state index contributed by atoms with van der Waals surface area (Å²) in [5.41, 5.74) is 7.21. The van der Waals surface area contributed by atoms with Crippen LogP contribution in [0, 0.1) is 5.82 Å². The van der Waals surface area contributed by atoms with Gasteiger partial charge in [0.25, 0.3) is 0 Å². The van der Waals surface area contributed by atoms with Crippen LogP contribution in [0.25, 0.3) is 0 Å². The molecule has 0 spiro atoms. The monoisotopic (exact) mass is 286 g/mol. The van der Waals surface area contributed by atoms with Crippen molar-refractivity contribution in [1.29, 1.82) is 0 Å². The molecular formula is C12H16BrFN2. The number of likely N-dealkylation sites (N-methyl/N-ethyl adjacent to an activating group) is 1. The van der Waals surface area contributed by atoms with E-state index in [9.17, 15) is 4.39 Å². The Morgan fingerprint density at radius 1 is 1.56 bits per heavy atom. The minimum atomic E-state index is -0.224. The second kappa shape index (κ2) is 4.82. The Hall–Kier alpha value is -0.450. The van der Waals surface area contributed by atoms with Gasteiger partial charge in [0.1, 0.15) is 5.82 Å². The fourth-order valence-electron chi connectivity index (χ4n) is 2.39. The maximum Gasteiger partial charge on any atom is 0.137 e. The first kappa shape index (κ1) is 12.0. The second-order valence-electron chi connectivity index (χ2n) is 4.20. The van der Waals surface area contributed by atoms with Gasteiger partial charge < -0.3 is 5.73 Å². The lowest BCUT2D eigenvalue weighted by atomic mass is 10.0. The highest BCUT2D eigenvalue weighted by Crippen LogP contribution is 2.32.